The Morgan fingerprint density at radius 1 is 1.85 bits per heavy atom. The highest BCUT2D eigenvalue weighted by atomic mass is 16.1. The van der Waals surface area contributed by atoms with Gasteiger partial charge >= 0.3 is 0 Å². The zero-order valence-electron chi connectivity index (χ0n) is 7.63. The summed E-state index contributed by atoms with van der Waals surface area (Å²) in [6.45, 7) is 5.93. The first-order valence-corrected chi connectivity index (χ1v) is 4.10. The fourth-order valence-corrected chi connectivity index (χ4v) is 0.951. The van der Waals surface area contributed by atoms with Crippen molar-refractivity contribution in [1.29, 1.82) is 0 Å². The lowest BCUT2D eigenvalue weighted by molar-refractivity contribution is -0.120. The Kier molecular flexibility index (Phi) is 3.25. The molecule has 0 unspecified atom stereocenters. The number of rotatable bonds is 4. The van der Waals surface area contributed by atoms with Crippen LogP contribution in [0.2, 0.25) is 0 Å². The van der Waals surface area contributed by atoms with Crippen LogP contribution in [0.25, 0.3) is 0 Å². The molecule has 2 N–H and O–H groups in total. The number of hydrogen-bond acceptors (Lipinski definition) is 2. The van der Waals surface area contributed by atoms with Crippen molar-refractivity contribution in [1.82, 2.24) is 15.5 Å². The number of aromatic amines is 1. The molecule has 0 aromatic carbocycles. The van der Waals surface area contributed by atoms with Crippen LogP contribution in [0.15, 0.2) is 18.9 Å². The summed E-state index contributed by atoms with van der Waals surface area (Å²) in [6.07, 6.45) is 3.65. The van der Waals surface area contributed by atoms with Crippen LogP contribution in [0, 0.1) is 6.92 Å². The van der Waals surface area contributed by atoms with Gasteiger partial charge in [-0.1, -0.05) is 6.08 Å². The minimum absolute atomic E-state index is 0.0180. The van der Waals surface area contributed by atoms with E-state index >= 15 is 0 Å². The third-order valence-corrected chi connectivity index (χ3v) is 1.74. The molecule has 1 amide bonds. The van der Waals surface area contributed by atoms with Gasteiger partial charge in [-0.3, -0.25) is 9.89 Å². The first-order valence-electron chi connectivity index (χ1n) is 4.10. The molecule has 0 saturated heterocycles. The van der Waals surface area contributed by atoms with Gasteiger partial charge in [0, 0.05) is 24.2 Å². The monoisotopic (exact) mass is 179 g/mol. The van der Waals surface area contributed by atoms with E-state index in [1.807, 2.05) is 6.92 Å². The Morgan fingerprint density at radius 3 is 3.15 bits per heavy atom. The summed E-state index contributed by atoms with van der Waals surface area (Å²) in [5.74, 6) is -0.0180. The zero-order chi connectivity index (χ0) is 9.68. The maximum Gasteiger partial charge on any atom is 0.224 e. The molecule has 1 rings (SSSR count). The lowest BCUT2D eigenvalue weighted by Gasteiger charge is -2.01. The Labute approximate surface area is 77.0 Å². The fourth-order valence-electron chi connectivity index (χ4n) is 0.951. The topological polar surface area (TPSA) is 57.8 Å². The van der Waals surface area contributed by atoms with Crippen LogP contribution >= 0.6 is 0 Å². The lowest BCUT2D eigenvalue weighted by atomic mass is 10.2. The standard InChI is InChI=1S/C9H13N3O/c1-3-4-9(13)10-5-8-6-11-12-7(8)2/h3,6H,1,4-5H2,2H3,(H,10,13)(H,11,12). The smallest absolute Gasteiger partial charge is 0.224 e. The first-order chi connectivity index (χ1) is 6.24. The van der Waals surface area contributed by atoms with E-state index in [4.69, 9.17) is 0 Å². The normalized spacial score (nSPS) is 9.62. The molecule has 0 aliphatic carbocycles. The van der Waals surface area contributed by atoms with Crippen molar-refractivity contribution >= 4 is 5.91 Å². The molecule has 4 nitrogen and oxygen atoms in total. The van der Waals surface area contributed by atoms with Gasteiger partial charge in [0.25, 0.3) is 0 Å². The molecule has 4 heteroatoms. The number of H-pyrrole nitrogens is 1. The van der Waals surface area contributed by atoms with Crippen molar-refractivity contribution in [2.45, 2.75) is 19.9 Å². The third-order valence-electron chi connectivity index (χ3n) is 1.74. The van der Waals surface area contributed by atoms with Crippen molar-refractivity contribution in [2.24, 2.45) is 0 Å². The summed E-state index contributed by atoms with van der Waals surface area (Å²) < 4.78 is 0. The molecule has 0 atom stereocenters. The van der Waals surface area contributed by atoms with Gasteiger partial charge in [0.15, 0.2) is 0 Å². The second kappa shape index (κ2) is 4.45. The molecule has 1 aromatic rings. The van der Waals surface area contributed by atoms with Crippen LogP contribution in [0.4, 0.5) is 0 Å². The molecular formula is C9H13N3O. The van der Waals surface area contributed by atoms with Gasteiger partial charge in [0.1, 0.15) is 0 Å². The molecule has 0 spiro atoms. The number of aromatic nitrogens is 2. The highest BCUT2D eigenvalue weighted by molar-refractivity contribution is 5.77. The van der Waals surface area contributed by atoms with Crippen molar-refractivity contribution in [3.05, 3.63) is 30.1 Å². The molecule has 70 valence electrons. The second-order valence-corrected chi connectivity index (χ2v) is 2.79. The first kappa shape index (κ1) is 9.51. The lowest BCUT2D eigenvalue weighted by Crippen LogP contribution is -2.21. The van der Waals surface area contributed by atoms with Gasteiger partial charge in [0.05, 0.1) is 6.20 Å². The van der Waals surface area contributed by atoms with Crippen molar-refractivity contribution in [3.8, 4) is 0 Å². The van der Waals surface area contributed by atoms with E-state index in [-0.39, 0.29) is 5.91 Å². The SMILES string of the molecule is C=CCC(=O)NCc1cn[nH]c1C. The van der Waals surface area contributed by atoms with Crippen LogP contribution in [-0.4, -0.2) is 16.1 Å². The summed E-state index contributed by atoms with van der Waals surface area (Å²) in [5, 5.41) is 9.41. The summed E-state index contributed by atoms with van der Waals surface area (Å²) >= 11 is 0. The summed E-state index contributed by atoms with van der Waals surface area (Å²) in [7, 11) is 0. The number of hydrogen-bond donors (Lipinski definition) is 2. The van der Waals surface area contributed by atoms with Crippen molar-refractivity contribution < 1.29 is 4.79 Å². The minimum atomic E-state index is -0.0180. The van der Waals surface area contributed by atoms with E-state index in [1.165, 1.54) is 0 Å². The number of nitrogens with zero attached hydrogens (tertiary/aromatic N) is 1. The van der Waals surface area contributed by atoms with E-state index in [1.54, 1.807) is 12.3 Å². The summed E-state index contributed by atoms with van der Waals surface area (Å²) in [5.41, 5.74) is 2.00. The predicted molar refractivity (Wildman–Crippen MR) is 50.0 cm³/mol. The van der Waals surface area contributed by atoms with Gasteiger partial charge in [-0.15, -0.1) is 6.58 Å². The number of carbonyl (C=O) groups is 1. The Bertz CT molecular complexity index is 304. The van der Waals surface area contributed by atoms with E-state index in [0.29, 0.717) is 13.0 Å². The summed E-state index contributed by atoms with van der Waals surface area (Å²) in [6, 6.07) is 0. The predicted octanol–water partition coefficient (Wildman–Crippen LogP) is 0.910. The minimum Gasteiger partial charge on any atom is -0.352 e. The average Bonchev–Trinajstić information content (AvgIpc) is 2.48. The molecule has 0 aliphatic rings. The van der Waals surface area contributed by atoms with Gasteiger partial charge < -0.3 is 5.32 Å². The third kappa shape index (κ3) is 2.74. The Hall–Kier alpha value is -1.58. The van der Waals surface area contributed by atoms with E-state index < -0.39 is 0 Å². The van der Waals surface area contributed by atoms with Crippen LogP contribution in [0.5, 0.6) is 0 Å². The Balaban J connectivity index is 2.39. The molecule has 0 saturated carbocycles. The van der Waals surface area contributed by atoms with Crippen LogP contribution in [0.3, 0.4) is 0 Å². The number of aryl methyl sites for hydroxylation is 1. The maximum atomic E-state index is 11.0. The molecule has 1 heterocycles. The van der Waals surface area contributed by atoms with Crippen molar-refractivity contribution in [3.63, 3.8) is 0 Å². The van der Waals surface area contributed by atoms with E-state index in [9.17, 15) is 4.79 Å². The number of amides is 1. The van der Waals surface area contributed by atoms with Crippen LogP contribution in [-0.2, 0) is 11.3 Å². The molecule has 0 fully saturated rings. The average molecular weight is 179 g/mol. The van der Waals surface area contributed by atoms with E-state index in [2.05, 4.69) is 22.1 Å². The van der Waals surface area contributed by atoms with Gasteiger partial charge in [-0.25, -0.2) is 0 Å². The highest BCUT2D eigenvalue weighted by Gasteiger charge is 2.01. The number of nitrogens with one attached hydrogen (secondary N) is 2. The van der Waals surface area contributed by atoms with Gasteiger partial charge in [-0.05, 0) is 6.92 Å². The van der Waals surface area contributed by atoms with Gasteiger partial charge in [0.2, 0.25) is 5.91 Å². The largest absolute Gasteiger partial charge is 0.352 e. The Morgan fingerprint density at radius 2 is 2.62 bits per heavy atom. The van der Waals surface area contributed by atoms with Crippen LogP contribution < -0.4 is 5.32 Å². The second-order valence-electron chi connectivity index (χ2n) is 2.79. The quantitative estimate of drug-likeness (QED) is 0.675. The number of carbonyl (C=O) groups excluding carboxylic acids is 1. The summed E-state index contributed by atoms with van der Waals surface area (Å²) in [4.78, 5) is 11.0. The van der Waals surface area contributed by atoms with Crippen LogP contribution in [0.1, 0.15) is 17.7 Å². The molecule has 0 radical (unpaired) electrons. The maximum absolute atomic E-state index is 11.0. The zero-order valence-corrected chi connectivity index (χ0v) is 7.63. The molecule has 0 aliphatic heterocycles. The molecular weight excluding hydrogens is 166 g/mol. The van der Waals surface area contributed by atoms with Crippen molar-refractivity contribution in [2.75, 3.05) is 0 Å². The fraction of sp³-hybridized carbons (Fsp3) is 0.333. The molecule has 0 bridgehead atoms. The highest BCUT2D eigenvalue weighted by Crippen LogP contribution is 2.01. The molecule has 13 heavy (non-hydrogen) atoms. The molecule has 1 aromatic heterocycles. The van der Waals surface area contributed by atoms with E-state index in [0.717, 1.165) is 11.3 Å². The van der Waals surface area contributed by atoms with Gasteiger partial charge in [-0.2, -0.15) is 5.10 Å².